The lowest BCUT2D eigenvalue weighted by Crippen LogP contribution is -2.36. The molecule has 2 aromatic rings. The van der Waals surface area contributed by atoms with Gasteiger partial charge in [-0.05, 0) is 54.9 Å². The summed E-state index contributed by atoms with van der Waals surface area (Å²) in [6.45, 7) is 4.74. The summed E-state index contributed by atoms with van der Waals surface area (Å²) in [5, 5.41) is 14.1. The molecule has 4 nitrogen and oxygen atoms in total. The molecule has 0 bridgehead atoms. The second-order valence-corrected chi connectivity index (χ2v) is 6.45. The third-order valence-electron chi connectivity index (χ3n) is 4.11. The van der Waals surface area contributed by atoms with E-state index in [1.165, 1.54) is 5.56 Å². The Kier molecular flexibility index (Phi) is 8.06. The van der Waals surface area contributed by atoms with Crippen LogP contribution in [0.3, 0.4) is 0 Å². The molecule has 25 heavy (non-hydrogen) atoms. The van der Waals surface area contributed by atoms with E-state index in [9.17, 15) is 5.11 Å². The molecule has 2 N–H and O–H groups in total. The summed E-state index contributed by atoms with van der Waals surface area (Å²) in [6.07, 6.45) is 0.385. The first-order valence-corrected chi connectivity index (χ1v) is 9.04. The Morgan fingerprint density at radius 3 is 2.60 bits per heavy atom. The molecule has 0 heterocycles. The Bertz CT molecular complexity index is 634. The van der Waals surface area contributed by atoms with Crippen LogP contribution in [0.1, 0.15) is 12.5 Å². The van der Waals surface area contributed by atoms with E-state index in [2.05, 4.69) is 23.2 Å². The molecule has 0 spiro atoms. The van der Waals surface area contributed by atoms with E-state index in [4.69, 9.17) is 16.3 Å². The second-order valence-electron chi connectivity index (χ2n) is 6.01. The minimum absolute atomic E-state index is 0.284. The quantitative estimate of drug-likeness (QED) is 0.676. The van der Waals surface area contributed by atoms with Gasteiger partial charge in [-0.25, -0.2) is 0 Å². The van der Waals surface area contributed by atoms with E-state index in [-0.39, 0.29) is 6.61 Å². The molecular weight excluding hydrogens is 336 g/mol. The van der Waals surface area contributed by atoms with E-state index >= 15 is 0 Å². The van der Waals surface area contributed by atoms with Gasteiger partial charge < -0.3 is 20.1 Å². The zero-order valence-corrected chi connectivity index (χ0v) is 15.7. The van der Waals surface area contributed by atoms with E-state index in [0.29, 0.717) is 6.54 Å². The van der Waals surface area contributed by atoms with Gasteiger partial charge in [0.2, 0.25) is 0 Å². The van der Waals surface area contributed by atoms with Crippen molar-refractivity contribution < 1.29 is 9.84 Å². The number of benzene rings is 2. The van der Waals surface area contributed by atoms with Crippen LogP contribution in [0.4, 0.5) is 5.69 Å². The lowest BCUT2D eigenvalue weighted by Gasteiger charge is -2.23. The number of nitrogens with one attached hydrogen (secondary N) is 1. The van der Waals surface area contributed by atoms with Crippen molar-refractivity contribution in [1.82, 2.24) is 4.90 Å². The minimum atomic E-state index is -0.525. The summed E-state index contributed by atoms with van der Waals surface area (Å²) in [7, 11) is 1.88. The predicted molar refractivity (Wildman–Crippen MR) is 105 cm³/mol. The van der Waals surface area contributed by atoms with Gasteiger partial charge in [-0.2, -0.15) is 0 Å². The van der Waals surface area contributed by atoms with Gasteiger partial charge >= 0.3 is 0 Å². The number of rotatable bonds is 10. The number of nitrogens with zero attached hydrogens (tertiary/aromatic N) is 1. The third-order valence-corrected chi connectivity index (χ3v) is 4.34. The van der Waals surface area contributed by atoms with Crippen LogP contribution in [0.25, 0.3) is 0 Å². The zero-order chi connectivity index (χ0) is 18.1. The summed E-state index contributed by atoms with van der Waals surface area (Å²) in [5.41, 5.74) is 2.24. The maximum Gasteiger partial charge on any atom is 0.119 e. The van der Waals surface area contributed by atoms with E-state index < -0.39 is 6.10 Å². The fourth-order valence-corrected chi connectivity index (χ4v) is 2.83. The first-order chi connectivity index (χ1) is 12.1. The normalized spacial score (nSPS) is 12.2. The molecule has 0 radical (unpaired) electrons. The number of aliphatic hydroxyl groups is 1. The topological polar surface area (TPSA) is 44.7 Å². The van der Waals surface area contributed by atoms with Gasteiger partial charge in [0.05, 0.1) is 0 Å². The zero-order valence-electron chi connectivity index (χ0n) is 14.9. The lowest BCUT2D eigenvalue weighted by molar-refractivity contribution is 0.0702. The number of hydrogen-bond donors (Lipinski definition) is 2. The summed E-state index contributed by atoms with van der Waals surface area (Å²) < 4.78 is 5.67. The van der Waals surface area contributed by atoms with Crippen molar-refractivity contribution in [2.45, 2.75) is 19.4 Å². The van der Waals surface area contributed by atoms with E-state index in [1.807, 2.05) is 49.5 Å². The van der Waals surface area contributed by atoms with Gasteiger partial charge in [0.15, 0.2) is 0 Å². The van der Waals surface area contributed by atoms with Crippen LogP contribution in [-0.4, -0.2) is 49.4 Å². The molecule has 1 atom stereocenters. The lowest BCUT2D eigenvalue weighted by atomic mass is 10.1. The third kappa shape index (κ3) is 6.94. The van der Waals surface area contributed by atoms with E-state index in [1.54, 1.807) is 0 Å². The van der Waals surface area contributed by atoms with Crippen molar-refractivity contribution in [1.29, 1.82) is 0 Å². The van der Waals surface area contributed by atoms with Crippen LogP contribution < -0.4 is 10.1 Å². The monoisotopic (exact) mass is 362 g/mol. The molecule has 0 fully saturated rings. The second kappa shape index (κ2) is 10.3. The van der Waals surface area contributed by atoms with Crippen LogP contribution in [0.15, 0.2) is 48.5 Å². The summed E-state index contributed by atoms with van der Waals surface area (Å²) >= 11 is 6.02. The van der Waals surface area contributed by atoms with Gasteiger partial charge in [0.1, 0.15) is 18.5 Å². The number of likely N-dealkylation sites (N-methyl/N-ethyl adjacent to an activating group) is 1. The Morgan fingerprint density at radius 2 is 1.96 bits per heavy atom. The Labute approximate surface area is 155 Å². The number of aliphatic hydroxyl groups excluding tert-OH is 1. The average Bonchev–Trinajstić information content (AvgIpc) is 2.64. The van der Waals surface area contributed by atoms with Crippen molar-refractivity contribution >= 4 is 17.3 Å². The van der Waals surface area contributed by atoms with E-state index in [0.717, 1.165) is 36.0 Å². The first kappa shape index (κ1) is 19.6. The number of ether oxygens (including phenoxy) is 1. The molecule has 0 aliphatic heterocycles. The molecule has 1 unspecified atom stereocenters. The highest BCUT2D eigenvalue weighted by Gasteiger charge is 2.11. The molecule has 0 aromatic heterocycles. The number of hydrogen-bond acceptors (Lipinski definition) is 4. The van der Waals surface area contributed by atoms with Gasteiger partial charge in [0, 0.05) is 30.8 Å². The predicted octanol–water partition coefficient (Wildman–Crippen LogP) is 3.69. The highest BCUT2D eigenvalue weighted by atomic mass is 35.5. The Hall–Kier alpha value is -1.75. The number of anilines is 1. The standard InChI is InChI=1S/C20H27ClN2O2/c1-3-23(12-11-16-5-4-6-17(21)13-16)14-19(24)15-25-20-9-7-18(22-2)8-10-20/h4-10,13,19,22,24H,3,11-12,14-15H2,1-2H3. The van der Waals surface area contributed by atoms with Gasteiger partial charge in [-0.3, -0.25) is 0 Å². The summed E-state index contributed by atoms with van der Waals surface area (Å²) in [4.78, 5) is 2.22. The Morgan fingerprint density at radius 1 is 1.20 bits per heavy atom. The smallest absolute Gasteiger partial charge is 0.119 e. The van der Waals surface area contributed by atoms with Crippen molar-refractivity contribution in [3.8, 4) is 5.75 Å². The molecule has 2 aromatic carbocycles. The minimum Gasteiger partial charge on any atom is -0.491 e. The van der Waals surface area contributed by atoms with Crippen molar-refractivity contribution in [2.24, 2.45) is 0 Å². The van der Waals surface area contributed by atoms with Crippen molar-refractivity contribution in [2.75, 3.05) is 38.6 Å². The van der Waals surface area contributed by atoms with Crippen LogP contribution >= 0.6 is 11.6 Å². The molecule has 0 amide bonds. The SMILES string of the molecule is CCN(CCc1cccc(Cl)c1)CC(O)COc1ccc(NC)cc1. The first-order valence-electron chi connectivity index (χ1n) is 8.66. The van der Waals surface area contributed by atoms with Gasteiger partial charge in [0.25, 0.3) is 0 Å². The van der Waals surface area contributed by atoms with Gasteiger partial charge in [-0.15, -0.1) is 0 Å². The number of halogens is 1. The van der Waals surface area contributed by atoms with Crippen LogP contribution in [0.5, 0.6) is 5.75 Å². The molecule has 0 aliphatic carbocycles. The molecule has 0 aliphatic rings. The highest BCUT2D eigenvalue weighted by molar-refractivity contribution is 6.30. The maximum atomic E-state index is 10.3. The largest absolute Gasteiger partial charge is 0.491 e. The van der Waals surface area contributed by atoms with Crippen LogP contribution in [-0.2, 0) is 6.42 Å². The molecule has 136 valence electrons. The highest BCUT2D eigenvalue weighted by Crippen LogP contribution is 2.15. The molecular formula is C20H27ClN2O2. The van der Waals surface area contributed by atoms with Crippen LogP contribution in [0.2, 0.25) is 5.02 Å². The van der Waals surface area contributed by atoms with Gasteiger partial charge in [-0.1, -0.05) is 30.7 Å². The van der Waals surface area contributed by atoms with Crippen molar-refractivity contribution in [3.63, 3.8) is 0 Å². The van der Waals surface area contributed by atoms with Crippen molar-refractivity contribution in [3.05, 3.63) is 59.1 Å². The average molecular weight is 363 g/mol. The maximum absolute atomic E-state index is 10.3. The fourth-order valence-electron chi connectivity index (χ4n) is 2.62. The summed E-state index contributed by atoms with van der Waals surface area (Å²) in [6, 6.07) is 15.6. The molecule has 2 rings (SSSR count). The Balaban J connectivity index is 1.75. The molecule has 0 saturated heterocycles. The fraction of sp³-hybridized carbons (Fsp3) is 0.400. The van der Waals surface area contributed by atoms with Crippen LogP contribution in [0, 0.1) is 0 Å². The summed E-state index contributed by atoms with van der Waals surface area (Å²) in [5.74, 6) is 0.764. The molecule has 5 heteroatoms. The molecule has 0 saturated carbocycles.